The van der Waals surface area contributed by atoms with Crippen molar-refractivity contribution in [3.05, 3.63) is 60.4 Å². The van der Waals surface area contributed by atoms with Crippen molar-refractivity contribution in [2.45, 2.75) is 40.0 Å². The molecule has 2 heteroatoms. The summed E-state index contributed by atoms with van der Waals surface area (Å²) >= 11 is 0. The van der Waals surface area contributed by atoms with E-state index in [9.17, 15) is 0 Å². The fraction of sp³-hybridized carbons (Fsp3) is 0.350. The van der Waals surface area contributed by atoms with Gasteiger partial charge in [0.2, 0.25) is 0 Å². The molecule has 114 valence electrons. The van der Waals surface area contributed by atoms with Crippen molar-refractivity contribution in [2.24, 2.45) is 5.41 Å². The molecule has 3 rings (SSSR count). The fourth-order valence-corrected chi connectivity index (χ4v) is 3.23. The number of hydrogen-bond donors (Lipinski definition) is 0. The van der Waals surface area contributed by atoms with Crippen LogP contribution in [0.1, 0.15) is 45.9 Å². The van der Waals surface area contributed by atoms with E-state index in [2.05, 4.69) is 86.9 Å². The average molecular weight is 292 g/mol. The number of hydrogen-bond acceptors (Lipinski definition) is 1. The summed E-state index contributed by atoms with van der Waals surface area (Å²) in [5.41, 5.74) is 3.73. The van der Waals surface area contributed by atoms with Crippen LogP contribution in [0.25, 0.3) is 16.7 Å². The Morgan fingerprint density at radius 3 is 2.27 bits per heavy atom. The summed E-state index contributed by atoms with van der Waals surface area (Å²) < 4.78 is 2.31. The first-order chi connectivity index (χ1) is 10.5. The van der Waals surface area contributed by atoms with Gasteiger partial charge in [-0.15, -0.1) is 0 Å². The molecule has 0 spiro atoms. The van der Waals surface area contributed by atoms with Gasteiger partial charge in [0, 0.05) is 11.6 Å². The van der Waals surface area contributed by atoms with E-state index < -0.39 is 0 Å². The first kappa shape index (κ1) is 14.8. The number of para-hydroxylation sites is 3. The second-order valence-electron chi connectivity index (χ2n) is 7.30. The molecule has 0 aliphatic rings. The molecular weight excluding hydrogens is 268 g/mol. The second kappa shape index (κ2) is 5.60. The highest BCUT2D eigenvalue weighted by Gasteiger charge is 2.22. The van der Waals surface area contributed by atoms with E-state index in [1.807, 2.05) is 0 Å². The molecule has 0 amide bonds. The van der Waals surface area contributed by atoms with Crippen LogP contribution in [0.2, 0.25) is 0 Å². The van der Waals surface area contributed by atoms with Gasteiger partial charge in [-0.2, -0.15) is 0 Å². The molecule has 0 fully saturated rings. The minimum atomic E-state index is 0.291. The predicted molar refractivity (Wildman–Crippen MR) is 93.6 cm³/mol. The lowest BCUT2D eigenvalue weighted by atomic mass is 9.85. The van der Waals surface area contributed by atoms with Gasteiger partial charge in [-0.25, -0.2) is 4.98 Å². The van der Waals surface area contributed by atoms with Crippen LogP contribution in [0.3, 0.4) is 0 Å². The quantitative estimate of drug-likeness (QED) is 0.617. The summed E-state index contributed by atoms with van der Waals surface area (Å²) in [6.07, 6.45) is 1.11. The summed E-state index contributed by atoms with van der Waals surface area (Å²) in [6.45, 7) is 9.16. The van der Waals surface area contributed by atoms with Crippen molar-refractivity contribution in [1.82, 2.24) is 9.55 Å². The summed E-state index contributed by atoms with van der Waals surface area (Å²) in [5.74, 6) is 1.56. The van der Waals surface area contributed by atoms with Crippen LogP contribution in [0.15, 0.2) is 54.6 Å². The molecule has 2 aromatic carbocycles. The SMILES string of the molecule is CC(CC(C)(C)C)c1nc2ccccc2n1-c1ccccc1. The number of benzene rings is 2. The highest BCUT2D eigenvalue weighted by atomic mass is 15.1. The van der Waals surface area contributed by atoms with E-state index >= 15 is 0 Å². The molecule has 1 aromatic heterocycles. The van der Waals surface area contributed by atoms with Crippen molar-refractivity contribution < 1.29 is 0 Å². The zero-order chi connectivity index (χ0) is 15.7. The maximum Gasteiger partial charge on any atom is 0.117 e. The molecule has 0 saturated heterocycles. The Kier molecular flexibility index (Phi) is 3.78. The Balaban J connectivity index is 2.17. The van der Waals surface area contributed by atoms with E-state index in [1.54, 1.807) is 0 Å². The standard InChI is InChI=1S/C20H24N2/c1-15(14-20(2,3)4)19-21-17-12-8-9-13-18(17)22(19)16-10-6-5-7-11-16/h5-13,15H,14H2,1-4H3. The van der Waals surface area contributed by atoms with Gasteiger partial charge in [-0.1, -0.05) is 58.0 Å². The Morgan fingerprint density at radius 2 is 1.59 bits per heavy atom. The van der Waals surface area contributed by atoms with Crippen LogP contribution in [0, 0.1) is 5.41 Å². The normalized spacial score (nSPS) is 13.5. The zero-order valence-corrected chi connectivity index (χ0v) is 13.9. The molecule has 3 aromatic rings. The number of rotatable bonds is 3. The monoisotopic (exact) mass is 292 g/mol. The van der Waals surface area contributed by atoms with Gasteiger partial charge >= 0.3 is 0 Å². The van der Waals surface area contributed by atoms with Crippen LogP contribution in [-0.4, -0.2) is 9.55 Å². The number of nitrogens with zero attached hydrogens (tertiary/aromatic N) is 2. The molecule has 1 atom stereocenters. The minimum Gasteiger partial charge on any atom is -0.296 e. The van der Waals surface area contributed by atoms with E-state index in [0.29, 0.717) is 11.3 Å². The van der Waals surface area contributed by atoms with Gasteiger partial charge in [0.05, 0.1) is 11.0 Å². The molecule has 0 aliphatic carbocycles. The first-order valence-corrected chi connectivity index (χ1v) is 7.98. The third-order valence-corrected chi connectivity index (χ3v) is 3.96. The minimum absolute atomic E-state index is 0.291. The van der Waals surface area contributed by atoms with Crippen LogP contribution in [-0.2, 0) is 0 Å². The van der Waals surface area contributed by atoms with Crippen molar-refractivity contribution in [2.75, 3.05) is 0 Å². The predicted octanol–water partition coefficient (Wildman–Crippen LogP) is 5.57. The molecule has 22 heavy (non-hydrogen) atoms. The number of imidazole rings is 1. The molecule has 1 unspecified atom stereocenters. The largest absolute Gasteiger partial charge is 0.296 e. The van der Waals surface area contributed by atoms with Crippen molar-refractivity contribution in [3.63, 3.8) is 0 Å². The van der Waals surface area contributed by atoms with Crippen molar-refractivity contribution in [3.8, 4) is 5.69 Å². The van der Waals surface area contributed by atoms with E-state index in [0.717, 1.165) is 17.8 Å². The summed E-state index contributed by atoms with van der Waals surface area (Å²) in [7, 11) is 0. The van der Waals surface area contributed by atoms with Crippen LogP contribution in [0.5, 0.6) is 0 Å². The fourth-order valence-electron chi connectivity index (χ4n) is 3.23. The van der Waals surface area contributed by atoms with E-state index in [-0.39, 0.29) is 0 Å². The Morgan fingerprint density at radius 1 is 0.955 bits per heavy atom. The van der Waals surface area contributed by atoms with Crippen LogP contribution in [0.4, 0.5) is 0 Å². The van der Waals surface area contributed by atoms with Crippen molar-refractivity contribution >= 4 is 11.0 Å². The molecule has 2 nitrogen and oxygen atoms in total. The Hall–Kier alpha value is -2.09. The van der Waals surface area contributed by atoms with Crippen molar-refractivity contribution in [1.29, 1.82) is 0 Å². The highest BCUT2D eigenvalue weighted by Crippen LogP contribution is 2.33. The Labute approximate surface area is 132 Å². The van der Waals surface area contributed by atoms with E-state index in [4.69, 9.17) is 4.98 Å². The molecular formula is C20H24N2. The lowest BCUT2D eigenvalue weighted by Crippen LogP contribution is -2.13. The maximum atomic E-state index is 4.94. The Bertz CT molecular complexity index is 763. The van der Waals surface area contributed by atoms with Gasteiger partial charge in [0.15, 0.2) is 0 Å². The average Bonchev–Trinajstić information content (AvgIpc) is 2.86. The maximum absolute atomic E-state index is 4.94. The van der Waals surface area contributed by atoms with Gasteiger partial charge < -0.3 is 0 Å². The molecule has 0 N–H and O–H groups in total. The topological polar surface area (TPSA) is 17.8 Å². The smallest absolute Gasteiger partial charge is 0.117 e. The third kappa shape index (κ3) is 2.92. The molecule has 0 bridgehead atoms. The second-order valence-corrected chi connectivity index (χ2v) is 7.30. The lowest BCUT2D eigenvalue weighted by molar-refractivity contribution is 0.342. The zero-order valence-electron chi connectivity index (χ0n) is 13.9. The number of aromatic nitrogens is 2. The molecule has 0 saturated carbocycles. The summed E-state index contributed by atoms with van der Waals surface area (Å²) in [6, 6.07) is 18.9. The summed E-state index contributed by atoms with van der Waals surface area (Å²) in [5, 5.41) is 0. The van der Waals surface area contributed by atoms with Gasteiger partial charge in [0.1, 0.15) is 5.82 Å². The van der Waals surface area contributed by atoms with Gasteiger partial charge in [0.25, 0.3) is 0 Å². The van der Waals surface area contributed by atoms with Crippen LogP contribution < -0.4 is 0 Å². The van der Waals surface area contributed by atoms with Crippen LogP contribution >= 0.6 is 0 Å². The highest BCUT2D eigenvalue weighted by molar-refractivity contribution is 5.78. The first-order valence-electron chi connectivity index (χ1n) is 7.98. The molecule has 0 aliphatic heterocycles. The van der Waals surface area contributed by atoms with E-state index in [1.165, 1.54) is 11.2 Å². The van der Waals surface area contributed by atoms with Gasteiger partial charge in [-0.05, 0) is 36.1 Å². The third-order valence-electron chi connectivity index (χ3n) is 3.96. The number of fused-ring (bicyclic) bond motifs is 1. The lowest BCUT2D eigenvalue weighted by Gasteiger charge is -2.23. The molecule has 0 radical (unpaired) electrons. The summed E-state index contributed by atoms with van der Waals surface area (Å²) in [4.78, 5) is 4.94. The van der Waals surface area contributed by atoms with Gasteiger partial charge in [-0.3, -0.25) is 4.57 Å². The molecule has 1 heterocycles.